The second-order valence-corrected chi connectivity index (χ2v) is 5.08. The third-order valence-corrected chi connectivity index (χ3v) is 3.29. The van der Waals surface area contributed by atoms with E-state index in [1.54, 1.807) is 18.3 Å². The summed E-state index contributed by atoms with van der Waals surface area (Å²) < 4.78 is 41.7. The molecule has 26 heavy (non-hydrogen) atoms. The largest absolute Gasteiger partial charge is 0.573 e. The van der Waals surface area contributed by atoms with Gasteiger partial charge in [0.2, 0.25) is 0 Å². The number of carbonyl (C=O) groups excluding carboxylic acids is 1. The number of ether oxygens (including phenoxy) is 1. The van der Waals surface area contributed by atoms with Gasteiger partial charge in [-0.2, -0.15) is 5.10 Å². The van der Waals surface area contributed by atoms with Gasteiger partial charge in [0.05, 0.1) is 0 Å². The Hall–Kier alpha value is -3.43. The Balaban J connectivity index is 1.66. The number of carbonyl (C=O) groups is 1. The normalized spacial score (nSPS) is 11.2. The van der Waals surface area contributed by atoms with Crippen molar-refractivity contribution in [1.29, 1.82) is 0 Å². The van der Waals surface area contributed by atoms with Crippen molar-refractivity contribution >= 4 is 5.91 Å². The summed E-state index contributed by atoms with van der Waals surface area (Å²) in [4.78, 5) is 20.2. The molecule has 0 atom stereocenters. The van der Waals surface area contributed by atoms with E-state index in [-0.39, 0.29) is 12.1 Å². The molecule has 0 saturated carbocycles. The van der Waals surface area contributed by atoms with E-state index in [9.17, 15) is 18.0 Å². The molecule has 0 radical (unpaired) electrons. The van der Waals surface area contributed by atoms with Crippen LogP contribution in [-0.2, 0) is 6.54 Å². The Morgan fingerprint density at radius 3 is 2.62 bits per heavy atom. The van der Waals surface area contributed by atoms with Gasteiger partial charge >= 0.3 is 6.36 Å². The fraction of sp³-hybridized carbons (Fsp3) is 0.125. The minimum Gasteiger partial charge on any atom is -0.406 e. The molecule has 0 saturated heterocycles. The summed E-state index contributed by atoms with van der Waals surface area (Å²) in [5.74, 6) is -0.328. The molecule has 2 aromatic heterocycles. The molecule has 0 aliphatic heterocycles. The zero-order valence-electron chi connectivity index (χ0n) is 13.1. The number of hydrogen-bond donors (Lipinski definition) is 1. The Morgan fingerprint density at radius 1 is 1.19 bits per heavy atom. The summed E-state index contributed by atoms with van der Waals surface area (Å²) in [7, 11) is 0. The molecule has 1 N–H and O–H groups in total. The third-order valence-electron chi connectivity index (χ3n) is 3.29. The Kier molecular flexibility index (Phi) is 4.83. The van der Waals surface area contributed by atoms with Crippen molar-refractivity contribution in [3.63, 3.8) is 0 Å². The fourth-order valence-corrected chi connectivity index (χ4v) is 2.18. The molecule has 0 fully saturated rings. The van der Waals surface area contributed by atoms with Gasteiger partial charge in [0.1, 0.15) is 18.4 Å². The molecule has 0 aliphatic carbocycles. The van der Waals surface area contributed by atoms with E-state index in [0.29, 0.717) is 11.4 Å². The number of pyridine rings is 1. The number of rotatable bonds is 5. The highest BCUT2D eigenvalue weighted by Gasteiger charge is 2.31. The van der Waals surface area contributed by atoms with Crippen LogP contribution in [0.5, 0.6) is 5.75 Å². The molecule has 1 amide bonds. The summed E-state index contributed by atoms with van der Waals surface area (Å²) >= 11 is 0. The molecule has 0 bridgehead atoms. The van der Waals surface area contributed by atoms with Gasteiger partial charge in [0.15, 0.2) is 5.82 Å². The van der Waals surface area contributed by atoms with Crippen LogP contribution in [0.1, 0.15) is 15.9 Å². The lowest BCUT2D eigenvalue weighted by Gasteiger charge is -2.11. The predicted molar refractivity (Wildman–Crippen MR) is 83.4 cm³/mol. The van der Waals surface area contributed by atoms with Crippen molar-refractivity contribution in [2.45, 2.75) is 12.9 Å². The van der Waals surface area contributed by atoms with Gasteiger partial charge < -0.3 is 10.1 Å². The Morgan fingerprint density at radius 2 is 1.96 bits per heavy atom. The number of aromatic nitrogens is 4. The van der Waals surface area contributed by atoms with Crippen molar-refractivity contribution in [3.8, 4) is 11.6 Å². The molecule has 0 unspecified atom stereocenters. The summed E-state index contributed by atoms with van der Waals surface area (Å²) in [6.07, 6.45) is -0.349. The predicted octanol–water partition coefficient (Wildman–Crippen LogP) is 2.49. The standard InChI is InChI=1S/C16H12F3N5O2/c17-16(18,19)26-13-5-3-11(4-6-13)15(25)22-8-12-2-1-7-21-14(12)24-10-20-9-23-24/h1-7,9-10H,8H2,(H,22,25). The molecule has 134 valence electrons. The summed E-state index contributed by atoms with van der Waals surface area (Å²) in [5.41, 5.74) is 0.897. The van der Waals surface area contributed by atoms with E-state index in [1.165, 1.54) is 29.5 Å². The van der Waals surface area contributed by atoms with Crippen LogP contribution in [-0.4, -0.2) is 32.0 Å². The van der Waals surface area contributed by atoms with E-state index < -0.39 is 18.0 Å². The first-order valence-corrected chi connectivity index (χ1v) is 7.35. The minimum absolute atomic E-state index is 0.155. The van der Waals surface area contributed by atoms with Gasteiger partial charge in [0.25, 0.3) is 5.91 Å². The second-order valence-electron chi connectivity index (χ2n) is 5.08. The fourth-order valence-electron chi connectivity index (χ4n) is 2.18. The van der Waals surface area contributed by atoms with Crippen LogP contribution in [0.25, 0.3) is 5.82 Å². The second kappa shape index (κ2) is 7.21. The van der Waals surface area contributed by atoms with Crippen molar-refractivity contribution in [1.82, 2.24) is 25.1 Å². The topological polar surface area (TPSA) is 81.9 Å². The van der Waals surface area contributed by atoms with Gasteiger partial charge in [0, 0.05) is 23.9 Å². The van der Waals surface area contributed by atoms with Crippen LogP contribution in [0.4, 0.5) is 13.2 Å². The maximum Gasteiger partial charge on any atom is 0.573 e. The molecule has 3 aromatic rings. The molecule has 0 aliphatic rings. The number of benzene rings is 1. The van der Waals surface area contributed by atoms with E-state index in [2.05, 4.69) is 25.1 Å². The first-order valence-electron chi connectivity index (χ1n) is 7.35. The smallest absolute Gasteiger partial charge is 0.406 e. The van der Waals surface area contributed by atoms with E-state index >= 15 is 0 Å². The van der Waals surface area contributed by atoms with E-state index in [4.69, 9.17) is 0 Å². The number of halogens is 3. The average Bonchev–Trinajstić information content (AvgIpc) is 3.13. The van der Waals surface area contributed by atoms with Gasteiger partial charge in [-0.25, -0.2) is 14.6 Å². The van der Waals surface area contributed by atoms with Gasteiger partial charge in [-0.15, -0.1) is 13.2 Å². The molecule has 7 nitrogen and oxygen atoms in total. The molecule has 0 spiro atoms. The van der Waals surface area contributed by atoms with E-state index in [1.807, 2.05) is 0 Å². The molecule has 3 rings (SSSR count). The third kappa shape index (κ3) is 4.35. The zero-order valence-corrected chi connectivity index (χ0v) is 13.1. The Bertz CT molecular complexity index is 880. The van der Waals surface area contributed by atoms with Crippen LogP contribution in [0.3, 0.4) is 0 Å². The van der Waals surface area contributed by atoms with Crippen molar-refractivity contribution in [3.05, 3.63) is 66.4 Å². The number of alkyl halides is 3. The first-order chi connectivity index (χ1) is 12.4. The lowest BCUT2D eigenvalue weighted by molar-refractivity contribution is -0.274. The SMILES string of the molecule is O=C(NCc1cccnc1-n1cncn1)c1ccc(OC(F)(F)F)cc1. The lowest BCUT2D eigenvalue weighted by Crippen LogP contribution is -2.24. The Labute approximate surface area is 145 Å². The van der Waals surface area contributed by atoms with Crippen molar-refractivity contribution in [2.24, 2.45) is 0 Å². The van der Waals surface area contributed by atoms with Crippen molar-refractivity contribution < 1.29 is 22.7 Å². The molecular formula is C16H12F3N5O2. The number of amides is 1. The lowest BCUT2D eigenvalue weighted by atomic mass is 10.2. The highest BCUT2D eigenvalue weighted by Crippen LogP contribution is 2.22. The molecule has 1 aromatic carbocycles. The highest BCUT2D eigenvalue weighted by molar-refractivity contribution is 5.94. The molecular weight excluding hydrogens is 351 g/mol. The van der Waals surface area contributed by atoms with Gasteiger partial charge in [-0.3, -0.25) is 4.79 Å². The number of nitrogens with zero attached hydrogens (tertiary/aromatic N) is 4. The molecule has 10 heteroatoms. The maximum absolute atomic E-state index is 12.2. The summed E-state index contributed by atoms with van der Waals surface area (Å²) in [6, 6.07) is 8.13. The van der Waals surface area contributed by atoms with Gasteiger partial charge in [-0.05, 0) is 30.3 Å². The highest BCUT2D eigenvalue weighted by atomic mass is 19.4. The number of hydrogen-bond acceptors (Lipinski definition) is 5. The summed E-state index contributed by atoms with van der Waals surface area (Å²) in [5, 5.41) is 6.68. The van der Waals surface area contributed by atoms with Crippen LogP contribution < -0.4 is 10.1 Å². The quantitative estimate of drug-likeness (QED) is 0.753. The van der Waals surface area contributed by atoms with Crippen LogP contribution in [0.15, 0.2) is 55.2 Å². The van der Waals surface area contributed by atoms with Gasteiger partial charge in [-0.1, -0.05) is 6.07 Å². The summed E-state index contributed by atoms with van der Waals surface area (Å²) in [6.45, 7) is 0.155. The molecule has 2 heterocycles. The minimum atomic E-state index is -4.78. The zero-order chi connectivity index (χ0) is 18.6. The number of nitrogens with one attached hydrogen (secondary N) is 1. The average molecular weight is 363 g/mol. The van der Waals surface area contributed by atoms with E-state index in [0.717, 1.165) is 12.1 Å². The van der Waals surface area contributed by atoms with Crippen LogP contribution in [0.2, 0.25) is 0 Å². The van der Waals surface area contributed by atoms with Crippen LogP contribution in [0, 0.1) is 0 Å². The van der Waals surface area contributed by atoms with Crippen molar-refractivity contribution in [2.75, 3.05) is 0 Å². The maximum atomic E-state index is 12.2. The van der Waals surface area contributed by atoms with Crippen LogP contribution >= 0.6 is 0 Å². The monoisotopic (exact) mass is 363 g/mol. The first kappa shape index (κ1) is 17.4.